The van der Waals surface area contributed by atoms with Gasteiger partial charge in [0, 0.05) is 38.3 Å². The molecule has 0 spiro atoms. The molecule has 0 saturated carbocycles. The van der Waals surface area contributed by atoms with Crippen LogP contribution in [0, 0.1) is 12.7 Å². The second-order valence-corrected chi connectivity index (χ2v) is 7.96. The van der Waals surface area contributed by atoms with Crippen LogP contribution < -0.4 is 0 Å². The molecule has 2 aromatic heterocycles. The van der Waals surface area contributed by atoms with Gasteiger partial charge in [-0.2, -0.15) is 0 Å². The van der Waals surface area contributed by atoms with Gasteiger partial charge in [-0.05, 0) is 50.1 Å². The number of hydrogen-bond donors (Lipinski definition) is 0. The van der Waals surface area contributed by atoms with Crippen LogP contribution >= 0.6 is 11.3 Å². The molecule has 0 aliphatic carbocycles. The number of rotatable bonds is 6. The summed E-state index contributed by atoms with van der Waals surface area (Å²) in [6.07, 6.45) is 1.69. The number of aliphatic imine (C=N–C) groups is 1. The Kier molecular flexibility index (Phi) is 6.27. The van der Waals surface area contributed by atoms with E-state index in [4.69, 9.17) is 0 Å². The summed E-state index contributed by atoms with van der Waals surface area (Å²) in [6, 6.07) is 8.32. The summed E-state index contributed by atoms with van der Waals surface area (Å²) in [7, 11) is 3.76. The number of hydrogen-bond acceptors (Lipinski definition) is 4. The van der Waals surface area contributed by atoms with Crippen molar-refractivity contribution < 1.29 is 9.18 Å². The van der Waals surface area contributed by atoms with Crippen molar-refractivity contribution in [3.8, 4) is 11.1 Å². The molecule has 0 radical (unpaired) electrons. The number of carbonyl (C=O) groups is 1. The standard InChI is InChI=1S/C22H25FN4OS/c1-6-27(7-2)22(28)20-19(24-13-26(4)5)18-17(12-14(3)25-21(18)29-20)15-8-10-16(23)11-9-15/h8-13H,6-7H2,1-5H3. The summed E-state index contributed by atoms with van der Waals surface area (Å²) in [5.74, 6) is -0.337. The number of halogens is 1. The zero-order valence-corrected chi connectivity index (χ0v) is 18.2. The van der Waals surface area contributed by atoms with E-state index in [1.165, 1.54) is 23.5 Å². The Morgan fingerprint density at radius 2 is 1.86 bits per heavy atom. The molecular formula is C22H25FN4OS. The van der Waals surface area contributed by atoms with Crippen LogP contribution in [0.15, 0.2) is 35.3 Å². The lowest BCUT2D eigenvalue weighted by Crippen LogP contribution is -2.29. The molecule has 0 unspecified atom stereocenters. The van der Waals surface area contributed by atoms with Crippen LogP contribution in [0.2, 0.25) is 0 Å². The van der Waals surface area contributed by atoms with Gasteiger partial charge in [-0.1, -0.05) is 12.1 Å². The number of pyridine rings is 1. The average molecular weight is 413 g/mol. The van der Waals surface area contributed by atoms with Crippen LogP contribution in [-0.2, 0) is 0 Å². The van der Waals surface area contributed by atoms with Gasteiger partial charge in [0.25, 0.3) is 5.91 Å². The van der Waals surface area contributed by atoms with E-state index in [1.54, 1.807) is 23.4 Å². The third-order valence-electron chi connectivity index (χ3n) is 4.58. The second-order valence-electron chi connectivity index (χ2n) is 6.96. The topological polar surface area (TPSA) is 48.8 Å². The summed E-state index contributed by atoms with van der Waals surface area (Å²) in [4.78, 5) is 27.4. The fraction of sp³-hybridized carbons (Fsp3) is 0.318. The molecule has 29 heavy (non-hydrogen) atoms. The van der Waals surface area contributed by atoms with Crippen LogP contribution in [0.3, 0.4) is 0 Å². The van der Waals surface area contributed by atoms with Crippen LogP contribution in [0.1, 0.15) is 29.2 Å². The van der Waals surface area contributed by atoms with Crippen molar-refractivity contribution in [2.45, 2.75) is 20.8 Å². The van der Waals surface area contributed by atoms with Crippen molar-refractivity contribution in [1.29, 1.82) is 0 Å². The predicted molar refractivity (Wildman–Crippen MR) is 119 cm³/mol. The highest BCUT2D eigenvalue weighted by atomic mass is 32.1. The molecular weight excluding hydrogens is 387 g/mol. The van der Waals surface area contributed by atoms with Gasteiger partial charge in [0.15, 0.2) is 0 Å². The highest BCUT2D eigenvalue weighted by Crippen LogP contribution is 2.43. The first-order valence-corrected chi connectivity index (χ1v) is 10.4. The molecule has 0 bridgehead atoms. The van der Waals surface area contributed by atoms with E-state index in [-0.39, 0.29) is 11.7 Å². The Hall–Kier alpha value is -2.80. The van der Waals surface area contributed by atoms with Crippen molar-refractivity contribution in [3.63, 3.8) is 0 Å². The maximum atomic E-state index is 13.5. The largest absolute Gasteiger partial charge is 0.369 e. The molecule has 1 amide bonds. The van der Waals surface area contributed by atoms with Crippen molar-refractivity contribution in [2.75, 3.05) is 27.2 Å². The molecule has 0 aliphatic rings. The van der Waals surface area contributed by atoms with Crippen LogP contribution in [0.25, 0.3) is 21.3 Å². The number of carbonyl (C=O) groups excluding carboxylic acids is 1. The van der Waals surface area contributed by atoms with Crippen molar-refractivity contribution >= 4 is 39.5 Å². The predicted octanol–water partition coefficient (Wildman–Crippen LogP) is 5.11. The lowest BCUT2D eigenvalue weighted by molar-refractivity contribution is 0.0778. The molecule has 0 aliphatic heterocycles. The molecule has 0 atom stereocenters. The number of amides is 1. The number of nitrogens with zero attached hydrogens (tertiary/aromatic N) is 4. The highest BCUT2D eigenvalue weighted by Gasteiger charge is 2.25. The van der Waals surface area contributed by atoms with Crippen LogP contribution in [0.4, 0.5) is 10.1 Å². The summed E-state index contributed by atoms with van der Waals surface area (Å²) >= 11 is 1.36. The molecule has 0 N–H and O–H groups in total. The monoisotopic (exact) mass is 412 g/mol. The van der Waals surface area contributed by atoms with Gasteiger partial charge in [0.1, 0.15) is 15.5 Å². The fourth-order valence-electron chi connectivity index (χ4n) is 3.16. The molecule has 0 saturated heterocycles. The Balaban J connectivity index is 2.33. The first-order valence-electron chi connectivity index (χ1n) is 9.55. The maximum absolute atomic E-state index is 13.5. The van der Waals surface area contributed by atoms with E-state index >= 15 is 0 Å². The first-order chi connectivity index (χ1) is 13.8. The van der Waals surface area contributed by atoms with Crippen molar-refractivity contribution in [2.24, 2.45) is 4.99 Å². The van der Waals surface area contributed by atoms with Crippen molar-refractivity contribution in [3.05, 3.63) is 46.7 Å². The third-order valence-corrected chi connectivity index (χ3v) is 5.64. The lowest BCUT2D eigenvalue weighted by Gasteiger charge is -2.18. The molecule has 1 aromatic carbocycles. The smallest absolute Gasteiger partial charge is 0.266 e. The summed E-state index contributed by atoms with van der Waals surface area (Å²) < 4.78 is 13.5. The highest BCUT2D eigenvalue weighted by molar-refractivity contribution is 7.21. The van der Waals surface area contributed by atoms with Gasteiger partial charge in [-0.3, -0.25) is 4.79 Å². The van der Waals surface area contributed by atoms with Crippen LogP contribution in [0.5, 0.6) is 0 Å². The number of aromatic nitrogens is 1. The number of aryl methyl sites for hydroxylation is 1. The van der Waals surface area contributed by atoms with Gasteiger partial charge < -0.3 is 9.80 Å². The Morgan fingerprint density at radius 1 is 1.21 bits per heavy atom. The van der Waals surface area contributed by atoms with E-state index in [2.05, 4.69) is 9.98 Å². The van der Waals surface area contributed by atoms with E-state index in [1.807, 2.05) is 45.8 Å². The Labute approximate surface area is 174 Å². The van der Waals surface area contributed by atoms with Gasteiger partial charge in [-0.15, -0.1) is 11.3 Å². The van der Waals surface area contributed by atoms with E-state index in [0.29, 0.717) is 23.7 Å². The first kappa shape index (κ1) is 20.9. The maximum Gasteiger partial charge on any atom is 0.266 e. The number of fused-ring (bicyclic) bond motifs is 1. The molecule has 0 fully saturated rings. The molecule has 152 valence electrons. The fourth-order valence-corrected chi connectivity index (χ4v) is 4.32. The summed E-state index contributed by atoms with van der Waals surface area (Å²) in [5, 5.41) is 0.820. The lowest BCUT2D eigenvalue weighted by atomic mass is 10.0. The SMILES string of the molecule is CCN(CC)C(=O)c1sc2nc(C)cc(-c3ccc(F)cc3)c2c1N=CN(C)C. The molecule has 7 heteroatoms. The Morgan fingerprint density at radius 3 is 2.45 bits per heavy atom. The van der Waals surface area contributed by atoms with Crippen molar-refractivity contribution in [1.82, 2.24) is 14.8 Å². The van der Waals surface area contributed by atoms with E-state index in [0.717, 1.165) is 27.0 Å². The second kappa shape index (κ2) is 8.69. The quantitative estimate of drug-likeness (QED) is 0.417. The zero-order valence-electron chi connectivity index (χ0n) is 17.4. The van der Waals surface area contributed by atoms with Gasteiger partial charge in [0.05, 0.1) is 12.0 Å². The minimum Gasteiger partial charge on any atom is -0.369 e. The molecule has 5 nitrogen and oxygen atoms in total. The average Bonchev–Trinajstić information content (AvgIpc) is 3.05. The van der Waals surface area contributed by atoms with Gasteiger partial charge in [0.2, 0.25) is 0 Å². The van der Waals surface area contributed by atoms with Gasteiger partial charge in [-0.25, -0.2) is 14.4 Å². The molecule has 3 rings (SSSR count). The minimum absolute atomic E-state index is 0.0494. The molecule has 2 heterocycles. The third kappa shape index (κ3) is 4.29. The normalized spacial score (nSPS) is 11.4. The molecule has 3 aromatic rings. The van der Waals surface area contributed by atoms with E-state index < -0.39 is 0 Å². The minimum atomic E-state index is -0.288. The summed E-state index contributed by atoms with van der Waals surface area (Å²) in [5.41, 5.74) is 3.21. The van der Waals surface area contributed by atoms with E-state index in [9.17, 15) is 9.18 Å². The van der Waals surface area contributed by atoms with Crippen LogP contribution in [-0.4, -0.2) is 54.2 Å². The van der Waals surface area contributed by atoms with Gasteiger partial charge >= 0.3 is 0 Å². The Bertz CT molecular complexity index is 1050. The summed E-state index contributed by atoms with van der Waals surface area (Å²) in [6.45, 7) is 7.09. The number of benzene rings is 1. The zero-order chi connectivity index (χ0) is 21.1. The number of thiophene rings is 1.